The van der Waals surface area contributed by atoms with Crippen molar-refractivity contribution in [1.82, 2.24) is 25.5 Å². The molecule has 1 aromatic heterocycles. The van der Waals surface area contributed by atoms with Crippen molar-refractivity contribution in [3.63, 3.8) is 0 Å². The molecule has 0 radical (unpaired) electrons. The van der Waals surface area contributed by atoms with Crippen molar-refractivity contribution in [3.05, 3.63) is 77.9 Å². The molecule has 0 unspecified atom stereocenters. The van der Waals surface area contributed by atoms with Crippen molar-refractivity contribution >= 4 is 29.3 Å². The molecule has 11 heteroatoms. The Morgan fingerprint density at radius 3 is 2.56 bits per heavy atom. The normalized spacial score (nSPS) is 15.9. The van der Waals surface area contributed by atoms with Crippen LogP contribution in [-0.2, 0) is 27.2 Å². The van der Waals surface area contributed by atoms with Crippen molar-refractivity contribution in [2.24, 2.45) is 0 Å². The molecule has 0 bridgehead atoms. The Labute approximate surface area is 251 Å². The van der Waals surface area contributed by atoms with E-state index >= 15 is 0 Å². The fourth-order valence-corrected chi connectivity index (χ4v) is 5.73. The Balaban J connectivity index is 1.04. The van der Waals surface area contributed by atoms with Crippen molar-refractivity contribution in [2.75, 3.05) is 31.1 Å². The van der Waals surface area contributed by atoms with Crippen LogP contribution in [0.3, 0.4) is 0 Å². The number of amides is 4. The lowest BCUT2D eigenvalue weighted by Crippen LogP contribution is -2.50. The number of aromatic nitrogens is 2. The van der Waals surface area contributed by atoms with Gasteiger partial charge in [-0.05, 0) is 61.6 Å². The average Bonchev–Trinajstić information content (AvgIpc) is 3.53. The number of anilines is 1. The molecular formula is C32H38N6O5. The van der Waals surface area contributed by atoms with Crippen LogP contribution in [0.25, 0.3) is 0 Å². The summed E-state index contributed by atoms with van der Waals surface area (Å²) in [5, 5.41) is 5.51. The molecule has 43 heavy (non-hydrogen) atoms. The van der Waals surface area contributed by atoms with E-state index in [0.717, 1.165) is 30.6 Å². The van der Waals surface area contributed by atoms with Crippen molar-refractivity contribution in [1.29, 1.82) is 0 Å². The van der Waals surface area contributed by atoms with E-state index < -0.39 is 6.04 Å². The lowest BCUT2D eigenvalue weighted by Gasteiger charge is -2.41. The number of rotatable bonds is 11. The second-order valence-corrected chi connectivity index (χ2v) is 11.0. The van der Waals surface area contributed by atoms with Crippen molar-refractivity contribution < 1.29 is 23.9 Å². The number of para-hydroxylation sites is 1. The highest BCUT2D eigenvalue weighted by atomic mass is 16.5. The Morgan fingerprint density at radius 2 is 1.84 bits per heavy atom. The fraction of sp³-hybridized carbons (Fsp3) is 0.406. The molecule has 5 rings (SSSR count). The van der Waals surface area contributed by atoms with Crippen LogP contribution in [0.5, 0.6) is 5.75 Å². The van der Waals surface area contributed by atoms with E-state index in [1.54, 1.807) is 30.5 Å². The molecule has 1 atom stereocenters. The molecule has 4 amide bonds. The number of ether oxygens (including phenoxy) is 1. The summed E-state index contributed by atoms with van der Waals surface area (Å²) in [6.07, 6.45) is 6.85. The first-order valence-corrected chi connectivity index (χ1v) is 14.8. The van der Waals surface area contributed by atoms with E-state index in [9.17, 15) is 19.2 Å². The summed E-state index contributed by atoms with van der Waals surface area (Å²) in [6.45, 7) is 3.35. The molecule has 3 heterocycles. The van der Waals surface area contributed by atoms with E-state index in [4.69, 9.17) is 4.74 Å². The number of benzene rings is 2. The summed E-state index contributed by atoms with van der Waals surface area (Å²) in [5.74, 6) is 0.223. The zero-order valence-electron chi connectivity index (χ0n) is 24.4. The second-order valence-electron chi connectivity index (χ2n) is 11.0. The van der Waals surface area contributed by atoms with Gasteiger partial charge in [0.2, 0.25) is 17.7 Å². The molecule has 226 valence electrons. The number of fused-ring (bicyclic) bond motifs is 1. The number of imidazole rings is 1. The van der Waals surface area contributed by atoms with Gasteiger partial charge in [-0.15, -0.1) is 0 Å². The van der Waals surface area contributed by atoms with Gasteiger partial charge >= 0.3 is 0 Å². The van der Waals surface area contributed by atoms with Gasteiger partial charge < -0.3 is 30.2 Å². The maximum Gasteiger partial charge on any atom is 0.253 e. The summed E-state index contributed by atoms with van der Waals surface area (Å²) in [5.41, 5.74) is 3.58. The first-order valence-electron chi connectivity index (χ1n) is 14.8. The van der Waals surface area contributed by atoms with Gasteiger partial charge in [0.25, 0.3) is 5.91 Å². The number of H-pyrrole nitrogens is 1. The number of piperidine rings is 1. The molecular weight excluding hydrogens is 548 g/mol. The molecule has 1 fully saturated rings. The molecule has 11 nitrogen and oxygen atoms in total. The van der Waals surface area contributed by atoms with Crippen LogP contribution < -0.4 is 20.3 Å². The SMILES string of the molecule is CC(=O)N[C@H](Cc1cnc[nH]1)C(=O)NCCCOc1ccc(C(=O)N2CCC(N3C(=O)CCc4ccccc43)CC2)cc1. The van der Waals surface area contributed by atoms with Crippen LogP contribution in [0.15, 0.2) is 61.1 Å². The first-order chi connectivity index (χ1) is 20.9. The predicted molar refractivity (Wildman–Crippen MR) is 161 cm³/mol. The average molecular weight is 587 g/mol. The topological polar surface area (TPSA) is 137 Å². The van der Waals surface area contributed by atoms with Gasteiger partial charge in [0.05, 0.1) is 12.9 Å². The largest absolute Gasteiger partial charge is 0.494 e. The van der Waals surface area contributed by atoms with Gasteiger partial charge in [-0.25, -0.2) is 4.98 Å². The number of nitrogens with zero attached hydrogens (tertiary/aromatic N) is 3. The van der Waals surface area contributed by atoms with Gasteiger partial charge in [0.15, 0.2) is 0 Å². The quantitative estimate of drug-likeness (QED) is 0.296. The van der Waals surface area contributed by atoms with Crippen molar-refractivity contribution in [3.8, 4) is 5.75 Å². The Kier molecular flexibility index (Phi) is 9.70. The Bertz CT molecular complexity index is 1420. The van der Waals surface area contributed by atoms with E-state index in [1.807, 2.05) is 28.0 Å². The van der Waals surface area contributed by atoms with Crippen LogP contribution in [0.1, 0.15) is 54.2 Å². The van der Waals surface area contributed by atoms with Crippen LogP contribution in [0.2, 0.25) is 0 Å². The van der Waals surface area contributed by atoms with Gasteiger partial charge in [-0.2, -0.15) is 0 Å². The highest BCUT2D eigenvalue weighted by molar-refractivity contribution is 5.97. The fourth-order valence-electron chi connectivity index (χ4n) is 5.73. The zero-order chi connectivity index (χ0) is 30.2. The van der Waals surface area contributed by atoms with Crippen molar-refractivity contribution in [2.45, 2.75) is 57.5 Å². The van der Waals surface area contributed by atoms with Crippen LogP contribution in [0, 0.1) is 0 Å². The molecule has 0 aliphatic carbocycles. The highest BCUT2D eigenvalue weighted by Gasteiger charge is 2.33. The van der Waals surface area contributed by atoms with E-state index in [2.05, 4.69) is 26.7 Å². The Hall–Kier alpha value is -4.67. The minimum atomic E-state index is -0.696. The van der Waals surface area contributed by atoms with E-state index in [0.29, 0.717) is 56.8 Å². The number of hydrogen-bond acceptors (Lipinski definition) is 6. The zero-order valence-corrected chi connectivity index (χ0v) is 24.4. The predicted octanol–water partition coefficient (Wildman–Crippen LogP) is 2.63. The lowest BCUT2D eigenvalue weighted by molar-refractivity contribution is -0.128. The highest BCUT2D eigenvalue weighted by Crippen LogP contribution is 2.32. The third-order valence-electron chi connectivity index (χ3n) is 7.91. The van der Waals surface area contributed by atoms with Gasteiger partial charge in [-0.1, -0.05) is 18.2 Å². The number of carbonyl (C=O) groups is 4. The molecule has 2 aliphatic rings. The Morgan fingerprint density at radius 1 is 1.07 bits per heavy atom. The van der Waals surface area contributed by atoms with Crippen LogP contribution in [0.4, 0.5) is 5.69 Å². The second kappa shape index (κ2) is 14.0. The monoisotopic (exact) mass is 586 g/mol. The lowest BCUT2D eigenvalue weighted by atomic mass is 9.95. The van der Waals surface area contributed by atoms with Gasteiger partial charge in [0, 0.05) is 68.6 Å². The standard InChI is InChI=1S/C32H38N6O5/c1-22(39)36-28(19-25-20-33-21-35-25)31(41)34-15-4-18-43-27-10-7-24(8-11-27)32(42)37-16-13-26(14-17-37)38-29-6-3-2-5-23(29)9-12-30(38)40/h2-3,5-8,10-11,20-21,26,28H,4,9,12-19H2,1H3,(H,33,35)(H,34,41)(H,36,39)/t28-/m1/s1. The smallest absolute Gasteiger partial charge is 0.253 e. The first kappa shape index (κ1) is 29.8. The summed E-state index contributed by atoms with van der Waals surface area (Å²) >= 11 is 0. The number of aryl methyl sites for hydroxylation is 1. The number of aromatic amines is 1. The molecule has 2 aromatic carbocycles. The third kappa shape index (κ3) is 7.59. The number of nitrogens with one attached hydrogen (secondary N) is 3. The summed E-state index contributed by atoms with van der Waals surface area (Å²) < 4.78 is 5.80. The number of hydrogen-bond donors (Lipinski definition) is 3. The van der Waals surface area contributed by atoms with Gasteiger partial charge in [-0.3, -0.25) is 19.2 Å². The maximum absolute atomic E-state index is 13.2. The van der Waals surface area contributed by atoms with Gasteiger partial charge in [0.1, 0.15) is 11.8 Å². The minimum absolute atomic E-state index is 0.0260. The van der Waals surface area contributed by atoms with E-state index in [1.165, 1.54) is 18.8 Å². The number of carbonyl (C=O) groups excluding carboxylic acids is 4. The molecule has 0 saturated carbocycles. The van der Waals surface area contributed by atoms with Crippen LogP contribution in [-0.4, -0.2) is 76.8 Å². The summed E-state index contributed by atoms with van der Waals surface area (Å²) in [7, 11) is 0. The maximum atomic E-state index is 13.2. The molecule has 1 saturated heterocycles. The third-order valence-corrected chi connectivity index (χ3v) is 7.91. The number of likely N-dealkylation sites (tertiary alicyclic amines) is 1. The van der Waals surface area contributed by atoms with Crippen LogP contribution >= 0.6 is 0 Å². The molecule has 3 N–H and O–H groups in total. The minimum Gasteiger partial charge on any atom is -0.494 e. The summed E-state index contributed by atoms with van der Waals surface area (Å²) in [4.78, 5) is 60.8. The molecule has 2 aliphatic heterocycles. The molecule has 0 spiro atoms. The van der Waals surface area contributed by atoms with E-state index in [-0.39, 0.29) is 29.7 Å². The molecule has 3 aromatic rings. The summed E-state index contributed by atoms with van der Waals surface area (Å²) in [6, 6.07) is 14.6.